The van der Waals surface area contributed by atoms with E-state index < -0.39 is 5.97 Å². The lowest BCUT2D eigenvalue weighted by Gasteiger charge is -2.20. The Balaban J connectivity index is 2.32. The van der Waals surface area contributed by atoms with E-state index >= 15 is 0 Å². The Labute approximate surface area is 93.1 Å². The Morgan fingerprint density at radius 1 is 1.50 bits per heavy atom. The molecular weight excluding hydrogens is 208 g/mol. The quantitative estimate of drug-likeness (QED) is 0.636. The topological polar surface area (TPSA) is 86.8 Å². The molecule has 0 saturated carbocycles. The normalized spacial score (nSPS) is 20.1. The molecule has 5 nitrogen and oxygen atoms in total. The molecule has 0 aliphatic carbocycles. The fourth-order valence-electron chi connectivity index (χ4n) is 1.91. The first kappa shape index (κ1) is 10.8. The second-order valence-corrected chi connectivity index (χ2v) is 3.97. The van der Waals surface area contributed by atoms with Crippen LogP contribution in [0.5, 0.6) is 0 Å². The van der Waals surface area contributed by atoms with Gasteiger partial charge in [-0.3, -0.25) is 0 Å². The molecule has 16 heavy (non-hydrogen) atoms. The van der Waals surface area contributed by atoms with Gasteiger partial charge in [-0.15, -0.1) is 0 Å². The van der Waals surface area contributed by atoms with Crippen molar-refractivity contribution in [3.05, 3.63) is 23.8 Å². The number of benzene rings is 1. The van der Waals surface area contributed by atoms with E-state index in [-0.39, 0.29) is 11.7 Å². The molecule has 1 aliphatic heterocycles. The van der Waals surface area contributed by atoms with Gasteiger partial charge in [0.25, 0.3) is 0 Å². The Morgan fingerprint density at radius 2 is 2.25 bits per heavy atom. The maximum Gasteiger partial charge on any atom is 0.335 e. The summed E-state index contributed by atoms with van der Waals surface area (Å²) in [5.41, 5.74) is 7.24. The van der Waals surface area contributed by atoms with Crippen LogP contribution in [0, 0.1) is 0 Å². The minimum atomic E-state index is -0.971. The summed E-state index contributed by atoms with van der Waals surface area (Å²) in [5, 5.41) is 18.3. The number of aliphatic hydroxyl groups excluding tert-OH is 1. The number of carboxylic acid groups (broad SMARTS) is 1. The van der Waals surface area contributed by atoms with Gasteiger partial charge in [0.1, 0.15) is 0 Å². The average molecular weight is 222 g/mol. The van der Waals surface area contributed by atoms with E-state index in [0.29, 0.717) is 30.9 Å². The van der Waals surface area contributed by atoms with Crippen molar-refractivity contribution in [2.75, 3.05) is 23.7 Å². The molecule has 4 N–H and O–H groups in total. The predicted octanol–water partition coefficient (Wildman–Crippen LogP) is 0.538. The van der Waals surface area contributed by atoms with Gasteiger partial charge >= 0.3 is 5.97 Å². The number of rotatable bonds is 2. The van der Waals surface area contributed by atoms with Crippen LogP contribution in [0.15, 0.2) is 18.2 Å². The van der Waals surface area contributed by atoms with Crippen LogP contribution in [0.3, 0.4) is 0 Å². The van der Waals surface area contributed by atoms with E-state index in [1.165, 1.54) is 6.07 Å². The third-order valence-corrected chi connectivity index (χ3v) is 2.78. The van der Waals surface area contributed by atoms with Gasteiger partial charge < -0.3 is 20.8 Å². The SMILES string of the molecule is Nc1ccc(C(=O)O)cc1N1CCC(O)C1. The molecule has 1 aromatic carbocycles. The Morgan fingerprint density at radius 3 is 2.81 bits per heavy atom. The van der Waals surface area contributed by atoms with Gasteiger partial charge in [0.05, 0.1) is 23.0 Å². The number of nitrogens with two attached hydrogens (primary N) is 1. The molecule has 1 heterocycles. The third kappa shape index (κ3) is 1.94. The van der Waals surface area contributed by atoms with Gasteiger partial charge in [0.15, 0.2) is 0 Å². The fraction of sp³-hybridized carbons (Fsp3) is 0.364. The molecule has 0 amide bonds. The van der Waals surface area contributed by atoms with Gasteiger partial charge in [0.2, 0.25) is 0 Å². The number of carboxylic acids is 1. The molecular formula is C11H14N2O3. The van der Waals surface area contributed by atoms with Crippen LogP contribution in [0.2, 0.25) is 0 Å². The van der Waals surface area contributed by atoms with Gasteiger partial charge in [-0.25, -0.2) is 4.79 Å². The van der Waals surface area contributed by atoms with Crippen LogP contribution < -0.4 is 10.6 Å². The van der Waals surface area contributed by atoms with Gasteiger partial charge in [0, 0.05) is 13.1 Å². The van der Waals surface area contributed by atoms with Crippen molar-refractivity contribution in [3.8, 4) is 0 Å². The highest BCUT2D eigenvalue weighted by Gasteiger charge is 2.22. The van der Waals surface area contributed by atoms with Crippen molar-refractivity contribution in [2.24, 2.45) is 0 Å². The first-order valence-corrected chi connectivity index (χ1v) is 5.14. The number of nitrogens with zero attached hydrogens (tertiary/aromatic N) is 1. The van der Waals surface area contributed by atoms with Crippen LogP contribution >= 0.6 is 0 Å². The van der Waals surface area contributed by atoms with Crippen LogP contribution in [0.4, 0.5) is 11.4 Å². The molecule has 0 bridgehead atoms. The monoisotopic (exact) mass is 222 g/mol. The molecule has 1 aromatic rings. The molecule has 1 fully saturated rings. The number of hydrogen-bond acceptors (Lipinski definition) is 4. The highest BCUT2D eigenvalue weighted by atomic mass is 16.4. The second kappa shape index (κ2) is 4.02. The number of aromatic carboxylic acids is 1. The van der Waals surface area contributed by atoms with Crippen molar-refractivity contribution in [3.63, 3.8) is 0 Å². The standard InChI is InChI=1S/C11H14N2O3/c12-9-2-1-7(11(15)16)5-10(9)13-4-3-8(14)6-13/h1-2,5,8,14H,3-4,6,12H2,(H,15,16). The average Bonchev–Trinajstić information content (AvgIpc) is 2.65. The van der Waals surface area contributed by atoms with Crippen LogP contribution in [0.1, 0.15) is 16.8 Å². The summed E-state index contributed by atoms with van der Waals surface area (Å²) in [6, 6.07) is 4.62. The summed E-state index contributed by atoms with van der Waals surface area (Å²) >= 11 is 0. The summed E-state index contributed by atoms with van der Waals surface area (Å²) in [5.74, 6) is -0.971. The molecule has 1 atom stereocenters. The smallest absolute Gasteiger partial charge is 0.335 e. The van der Waals surface area contributed by atoms with E-state index in [2.05, 4.69) is 0 Å². The number of aliphatic hydroxyl groups is 1. The zero-order valence-electron chi connectivity index (χ0n) is 8.76. The van der Waals surface area contributed by atoms with Crippen LogP contribution in [0.25, 0.3) is 0 Å². The minimum absolute atomic E-state index is 0.214. The molecule has 1 aliphatic rings. The summed E-state index contributed by atoms with van der Waals surface area (Å²) in [6.07, 6.45) is 0.337. The van der Waals surface area contributed by atoms with Gasteiger partial charge in [-0.1, -0.05) is 0 Å². The molecule has 86 valence electrons. The largest absolute Gasteiger partial charge is 0.478 e. The molecule has 1 saturated heterocycles. The van der Waals surface area contributed by atoms with E-state index in [0.717, 1.165) is 0 Å². The molecule has 1 unspecified atom stereocenters. The highest BCUT2D eigenvalue weighted by molar-refractivity contribution is 5.90. The summed E-state index contributed by atoms with van der Waals surface area (Å²) in [4.78, 5) is 12.7. The molecule has 0 spiro atoms. The summed E-state index contributed by atoms with van der Waals surface area (Å²) < 4.78 is 0. The third-order valence-electron chi connectivity index (χ3n) is 2.78. The van der Waals surface area contributed by atoms with E-state index in [1.807, 2.05) is 4.90 Å². The van der Waals surface area contributed by atoms with Crippen LogP contribution in [-0.4, -0.2) is 35.4 Å². The zero-order chi connectivity index (χ0) is 11.7. The maximum atomic E-state index is 10.8. The van der Waals surface area contributed by atoms with E-state index in [4.69, 9.17) is 10.8 Å². The zero-order valence-corrected chi connectivity index (χ0v) is 8.76. The molecule has 5 heteroatoms. The number of anilines is 2. The first-order chi connectivity index (χ1) is 7.58. The van der Waals surface area contributed by atoms with Crippen molar-refractivity contribution in [2.45, 2.75) is 12.5 Å². The Kier molecular flexibility index (Phi) is 2.70. The number of hydrogen-bond donors (Lipinski definition) is 3. The van der Waals surface area contributed by atoms with Gasteiger partial charge in [-0.05, 0) is 24.6 Å². The van der Waals surface area contributed by atoms with Gasteiger partial charge in [-0.2, -0.15) is 0 Å². The number of nitrogen functional groups attached to an aromatic ring is 1. The van der Waals surface area contributed by atoms with Crippen molar-refractivity contribution < 1.29 is 15.0 Å². The van der Waals surface area contributed by atoms with Crippen molar-refractivity contribution in [1.82, 2.24) is 0 Å². The minimum Gasteiger partial charge on any atom is -0.478 e. The molecule has 0 aromatic heterocycles. The Bertz CT molecular complexity index is 420. The maximum absolute atomic E-state index is 10.8. The lowest BCUT2D eigenvalue weighted by atomic mass is 10.1. The molecule has 0 radical (unpaired) electrons. The predicted molar refractivity (Wildman–Crippen MR) is 60.7 cm³/mol. The number of carbonyl (C=O) groups is 1. The van der Waals surface area contributed by atoms with E-state index in [9.17, 15) is 9.90 Å². The number of β-amino-alcohol motifs (C(OH)–C–C–N with tert-alkyl or cyclic N) is 1. The molecule has 2 rings (SSSR count). The second-order valence-electron chi connectivity index (χ2n) is 3.97. The summed E-state index contributed by atoms with van der Waals surface area (Å²) in [6.45, 7) is 1.21. The van der Waals surface area contributed by atoms with E-state index in [1.54, 1.807) is 12.1 Å². The summed E-state index contributed by atoms with van der Waals surface area (Å²) in [7, 11) is 0. The van der Waals surface area contributed by atoms with Crippen molar-refractivity contribution >= 4 is 17.3 Å². The first-order valence-electron chi connectivity index (χ1n) is 5.14. The van der Waals surface area contributed by atoms with Crippen LogP contribution in [-0.2, 0) is 0 Å². The Hall–Kier alpha value is -1.75. The lowest BCUT2D eigenvalue weighted by Crippen LogP contribution is -2.22. The lowest BCUT2D eigenvalue weighted by molar-refractivity contribution is 0.0697. The van der Waals surface area contributed by atoms with Crippen molar-refractivity contribution in [1.29, 1.82) is 0 Å². The highest BCUT2D eigenvalue weighted by Crippen LogP contribution is 2.27. The fourth-order valence-corrected chi connectivity index (χ4v) is 1.91.